The van der Waals surface area contributed by atoms with E-state index in [0.29, 0.717) is 6.54 Å². The molecule has 1 aromatic heterocycles. The molecule has 1 rings (SSSR count). The van der Waals surface area contributed by atoms with E-state index in [9.17, 15) is 14.9 Å². The minimum atomic E-state index is -0.544. The molecular weight excluding hydrogens is 354 g/mol. The summed E-state index contributed by atoms with van der Waals surface area (Å²) in [6, 6.07) is 1.26. The van der Waals surface area contributed by atoms with Gasteiger partial charge < -0.3 is 5.32 Å². The predicted molar refractivity (Wildman–Crippen MR) is 114 cm³/mol. The van der Waals surface area contributed by atoms with Crippen LogP contribution in [0, 0.1) is 10.1 Å². The number of unbranched alkanes of at least 4 members (excludes halogenated alkanes) is 13. The van der Waals surface area contributed by atoms with Crippen LogP contribution in [0.3, 0.4) is 0 Å². The molecule has 158 valence electrons. The fraction of sp³-hybridized carbons (Fsp3) is 0.727. The highest BCUT2D eigenvalue weighted by Crippen LogP contribution is 2.13. The molecule has 1 heterocycles. The number of hydrogen-bond acceptors (Lipinski definition) is 4. The Morgan fingerprint density at radius 3 is 1.89 bits per heavy atom. The third-order valence-electron chi connectivity index (χ3n) is 5.01. The molecule has 0 aromatic carbocycles. The monoisotopic (exact) mass is 391 g/mol. The molecular formula is C22H37N3O3. The molecule has 0 spiro atoms. The van der Waals surface area contributed by atoms with Crippen LogP contribution in [0.4, 0.5) is 5.69 Å². The number of nitrogens with one attached hydrogen (secondary N) is 1. The minimum absolute atomic E-state index is 0.163. The Bertz CT molecular complexity index is 564. The standard InChI is InChI=1S/C22H37N3O3/c1-2-3-4-5-6-7-8-9-10-11-12-13-14-15-16-24-22(26)20-17-21(25(27)28)19-23-18-20/h17-19H,2-16H2,1H3,(H,24,26). The zero-order valence-electron chi connectivity index (χ0n) is 17.5. The first-order valence-corrected chi connectivity index (χ1v) is 11.0. The van der Waals surface area contributed by atoms with Crippen LogP contribution in [0.5, 0.6) is 0 Å². The second kappa shape index (κ2) is 16.0. The molecule has 0 aliphatic rings. The molecule has 1 N–H and O–H groups in total. The fourth-order valence-electron chi connectivity index (χ4n) is 3.28. The van der Waals surface area contributed by atoms with E-state index >= 15 is 0 Å². The third kappa shape index (κ3) is 11.7. The maximum atomic E-state index is 12.0. The summed E-state index contributed by atoms with van der Waals surface area (Å²) in [5.74, 6) is -0.300. The van der Waals surface area contributed by atoms with Crippen LogP contribution in [0.2, 0.25) is 0 Å². The first-order chi connectivity index (χ1) is 13.6. The third-order valence-corrected chi connectivity index (χ3v) is 5.01. The molecule has 28 heavy (non-hydrogen) atoms. The van der Waals surface area contributed by atoms with Crippen molar-refractivity contribution in [1.29, 1.82) is 0 Å². The molecule has 0 unspecified atom stereocenters. The van der Waals surface area contributed by atoms with E-state index in [1.165, 1.54) is 89.3 Å². The van der Waals surface area contributed by atoms with Gasteiger partial charge in [0.15, 0.2) is 0 Å². The molecule has 0 atom stereocenters. The van der Waals surface area contributed by atoms with Gasteiger partial charge in [0.05, 0.1) is 10.5 Å². The second-order valence-corrected chi connectivity index (χ2v) is 7.54. The summed E-state index contributed by atoms with van der Waals surface area (Å²) in [5, 5.41) is 13.5. The summed E-state index contributed by atoms with van der Waals surface area (Å²) in [6.07, 6.45) is 20.7. The van der Waals surface area contributed by atoms with Crippen LogP contribution in [0.25, 0.3) is 0 Å². The van der Waals surface area contributed by atoms with Crippen LogP contribution < -0.4 is 5.32 Å². The number of carbonyl (C=O) groups excluding carboxylic acids is 1. The Morgan fingerprint density at radius 2 is 1.39 bits per heavy atom. The van der Waals surface area contributed by atoms with E-state index in [0.717, 1.165) is 19.0 Å². The number of carbonyl (C=O) groups is 1. The van der Waals surface area contributed by atoms with Crippen LogP contribution >= 0.6 is 0 Å². The van der Waals surface area contributed by atoms with Crippen molar-refractivity contribution in [3.8, 4) is 0 Å². The van der Waals surface area contributed by atoms with Gasteiger partial charge in [-0.15, -0.1) is 0 Å². The van der Waals surface area contributed by atoms with E-state index in [-0.39, 0.29) is 17.2 Å². The fourth-order valence-corrected chi connectivity index (χ4v) is 3.28. The summed E-state index contributed by atoms with van der Waals surface area (Å²) in [6.45, 7) is 2.85. The van der Waals surface area contributed by atoms with Crippen molar-refractivity contribution in [2.45, 2.75) is 96.8 Å². The largest absolute Gasteiger partial charge is 0.352 e. The number of nitrogens with zero attached hydrogens (tertiary/aromatic N) is 2. The lowest BCUT2D eigenvalue weighted by molar-refractivity contribution is -0.385. The van der Waals surface area contributed by atoms with Crippen LogP contribution in [-0.4, -0.2) is 22.4 Å². The van der Waals surface area contributed by atoms with Gasteiger partial charge in [0.1, 0.15) is 6.20 Å². The highest BCUT2D eigenvalue weighted by atomic mass is 16.6. The molecule has 0 radical (unpaired) electrons. The molecule has 0 saturated carbocycles. The zero-order valence-corrected chi connectivity index (χ0v) is 17.5. The van der Waals surface area contributed by atoms with Crippen molar-refractivity contribution in [3.63, 3.8) is 0 Å². The van der Waals surface area contributed by atoms with Gasteiger partial charge in [-0.1, -0.05) is 90.4 Å². The number of nitro groups is 1. The molecule has 6 nitrogen and oxygen atoms in total. The highest BCUT2D eigenvalue weighted by molar-refractivity contribution is 5.94. The number of amides is 1. The molecule has 1 aromatic rings. The molecule has 0 aliphatic heterocycles. The predicted octanol–water partition coefficient (Wildman–Crippen LogP) is 6.20. The Kier molecular flexibility index (Phi) is 13.8. The molecule has 6 heteroatoms. The lowest BCUT2D eigenvalue weighted by Crippen LogP contribution is -2.24. The van der Waals surface area contributed by atoms with E-state index in [1.807, 2.05) is 0 Å². The number of aromatic nitrogens is 1. The van der Waals surface area contributed by atoms with Gasteiger partial charge >= 0.3 is 0 Å². The number of rotatable bonds is 17. The van der Waals surface area contributed by atoms with E-state index < -0.39 is 4.92 Å². The van der Waals surface area contributed by atoms with Gasteiger partial charge in [0.2, 0.25) is 0 Å². The van der Waals surface area contributed by atoms with Crippen molar-refractivity contribution in [2.75, 3.05) is 6.54 Å². The summed E-state index contributed by atoms with van der Waals surface area (Å²) in [7, 11) is 0. The minimum Gasteiger partial charge on any atom is -0.352 e. The molecule has 0 aliphatic carbocycles. The average molecular weight is 392 g/mol. The lowest BCUT2D eigenvalue weighted by atomic mass is 10.0. The van der Waals surface area contributed by atoms with E-state index in [2.05, 4.69) is 17.2 Å². The highest BCUT2D eigenvalue weighted by Gasteiger charge is 2.11. The SMILES string of the molecule is CCCCCCCCCCCCCCCCNC(=O)c1cncc([N+](=O)[O-])c1. The maximum absolute atomic E-state index is 12.0. The zero-order chi connectivity index (χ0) is 20.5. The lowest BCUT2D eigenvalue weighted by Gasteiger charge is -2.05. The van der Waals surface area contributed by atoms with Crippen LogP contribution in [0.1, 0.15) is 107 Å². The molecule has 1 amide bonds. The quantitative estimate of drug-likeness (QED) is 0.194. The van der Waals surface area contributed by atoms with Gasteiger partial charge in [0, 0.05) is 18.8 Å². The van der Waals surface area contributed by atoms with E-state index in [1.54, 1.807) is 0 Å². The number of pyridine rings is 1. The van der Waals surface area contributed by atoms with Crippen molar-refractivity contribution in [3.05, 3.63) is 34.1 Å². The van der Waals surface area contributed by atoms with Gasteiger partial charge in [0.25, 0.3) is 11.6 Å². The van der Waals surface area contributed by atoms with Gasteiger partial charge in [-0.2, -0.15) is 0 Å². The van der Waals surface area contributed by atoms with Crippen LogP contribution in [-0.2, 0) is 0 Å². The second-order valence-electron chi connectivity index (χ2n) is 7.54. The first-order valence-electron chi connectivity index (χ1n) is 11.0. The molecule has 0 saturated heterocycles. The number of hydrogen-bond donors (Lipinski definition) is 1. The topological polar surface area (TPSA) is 85.1 Å². The Hall–Kier alpha value is -1.98. The smallest absolute Gasteiger partial charge is 0.288 e. The Morgan fingerprint density at radius 1 is 0.893 bits per heavy atom. The van der Waals surface area contributed by atoms with Crippen molar-refractivity contribution in [2.24, 2.45) is 0 Å². The van der Waals surface area contributed by atoms with E-state index in [4.69, 9.17) is 0 Å². The van der Waals surface area contributed by atoms with Crippen molar-refractivity contribution < 1.29 is 9.72 Å². The summed E-state index contributed by atoms with van der Waals surface area (Å²) < 4.78 is 0. The van der Waals surface area contributed by atoms with Crippen LogP contribution in [0.15, 0.2) is 18.5 Å². The van der Waals surface area contributed by atoms with Gasteiger partial charge in [-0.25, -0.2) is 0 Å². The summed E-state index contributed by atoms with van der Waals surface area (Å²) >= 11 is 0. The first kappa shape index (κ1) is 24.1. The normalized spacial score (nSPS) is 10.8. The molecule has 0 fully saturated rings. The maximum Gasteiger partial charge on any atom is 0.288 e. The molecule has 0 bridgehead atoms. The average Bonchev–Trinajstić information content (AvgIpc) is 2.70. The Balaban J connectivity index is 1.92. The summed E-state index contributed by atoms with van der Waals surface area (Å²) in [5.41, 5.74) is 0.0729. The Labute approximate surface area is 169 Å². The van der Waals surface area contributed by atoms with Crippen molar-refractivity contribution in [1.82, 2.24) is 10.3 Å². The van der Waals surface area contributed by atoms with Gasteiger partial charge in [-0.3, -0.25) is 19.9 Å². The van der Waals surface area contributed by atoms with Gasteiger partial charge in [-0.05, 0) is 6.42 Å². The van der Waals surface area contributed by atoms with Crippen molar-refractivity contribution >= 4 is 11.6 Å². The summed E-state index contributed by atoms with van der Waals surface area (Å²) in [4.78, 5) is 25.9.